The van der Waals surface area contributed by atoms with E-state index in [4.69, 9.17) is 0 Å². The molecule has 5 rings (SSSR count). The molecule has 0 aliphatic heterocycles. The van der Waals surface area contributed by atoms with Gasteiger partial charge in [0.1, 0.15) is 18.5 Å². The average Bonchev–Trinajstić information content (AvgIpc) is 2.84. The molecular weight excluding hydrogens is 439 g/mol. The van der Waals surface area contributed by atoms with Gasteiger partial charge in [-0.15, -0.1) is 0 Å². The van der Waals surface area contributed by atoms with Gasteiger partial charge in [0.05, 0.1) is 27.6 Å². The van der Waals surface area contributed by atoms with Crippen LogP contribution in [0.25, 0.3) is 33.3 Å². The molecule has 0 atom stereocenters. The van der Waals surface area contributed by atoms with Gasteiger partial charge in [-0.05, 0) is 47.5 Å². The quantitative estimate of drug-likeness (QED) is 0.375. The van der Waals surface area contributed by atoms with Crippen LogP contribution in [0.15, 0.2) is 96.5 Å². The van der Waals surface area contributed by atoms with Gasteiger partial charge in [-0.2, -0.15) is 0 Å². The SMILES string of the molecule is O=S(=O)(Cc1ccncn1)c1ccc2c(-c3ccc(-c4cccc(F)c4)cc3)ncnc2c1. The van der Waals surface area contributed by atoms with Crippen molar-refractivity contribution < 1.29 is 12.8 Å². The smallest absolute Gasteiger partial charge is 0.184 e. The third kappa shape index (κ3) is 4.33. The topological polar surface area (TPSA) is 85.7 Å². The maximum absolute atomic E-state index is 13.5. The van der Waals surface area contributed by atoms with Gasteiger partial charge in [0, 0.05) is 17.1 Å². The molecule has 2 heterocycles. The Morgan fingerprint density at radius 1 is 0.758 bits per heavy atom. The molecule has 5 aromatic rings. The van der Waals surface area contributed by atoms with Gasteiger partial charge in [-0.3, -0.25) is 0 Å². The van der Waals surface area contributed by atoms with E-state index >= 15 is 0 Å². The van der Waals surface area contributed by atoms with E-state index in [0.29, 0.717) is 16.9 Å². The third-order valence-electron chi connectivity index (χ3n) is 5.26. The Kier molecular flexibility index (Phi) is 5.35. The summed E-state index contributed by atoms with van der Waals surface area (Å²) in [5, 5.41) is 0.733. The first kappa shape index (κ1) is 20.8. The largest absolute Gasteiger partial charge is 0.245 e. The molecule has 8 heteroatoms. The van der Waals surface area contributed by atoms with Crippen molar-refractivity contribution in [2.75, 3.05) is 0 Å². The maximum atomic E-state index is 13.5. The van der Waals surface area contributed by atoms with Crippen LogP contribution >= 0.6 is 0 Å². The summed E-state index contributed by atoms with van der Waals surface area (Å²) in [4.78, 5) is 16.7. The van der Waals surface area contributed by atoms with Crippen LogP contribution in [0, 0.1) is 5.82 Å². The summed E-state index contributed by atoms with van der Waals surface area (Å²) >= 11 is 0. The van der Waals surface area contributed by atoms with E-state index in [1.165, 1.54) is 31.0 Å². The van der Waals surface area contributed by atoms with Crippen LogP contribution < -0.4 is 0 Å². The molecule has 3 aromatic carbocycles. The van der Waals surface area contributed by atoms with Crippen molar-refractivity contribution in [3.8, 4) is 22.4 Å². The number of nitrogens with zero attached hydrogens (tertiary/aromatic N) is 4. The minimum Gasteiger partial charge on any atom is -0.245 e. The Morgan fingerprint density at radius 3 is 2.33 bits per heavy atom. The van der Waals surface area contributed by atoms with Gasteiger partial charge in [0.2, 0.25) is 0 Å². The summed E-state index contributed by atoms with van der Waals surface area (Å²) in [6.45, 7) is 0. The lowest BCUT2D eigenvalue weighted by atomic mass is 10.0. The fourth-order valence-electron chi connectivity index (χ4n) is 3.63. The molecule has 162 valence electrons. The number of halogens is 1. The molecule has 0 aliphatic rings. The highest BCUT2D eigenvalue weighted by Gasteiger charge is 2.18. The molecule has 0 radical (unpaired) electrons. The molecule has 33 heavy (non-hydrogen) atoms. The lowest BCUT2D eigenvalue weighted by Gasteiger charge is -2.09. The molecule has 0 bridgehead atoms. The first-order valence-electron chi connectivity index (χ1n) is 10.1. The highest BCUT2D eigenvalue weighted by atomic mass is 32.2. The zero-order chi connectivity index (χ0) is 22.8. The van der Waals surface area contributed by atoms with Crippen LogP contribution in [-0.2, 0) is 15.6 Å². The van der Waals surface area contributed by atoms with Crippen LogP contribution in [0.3, 0.4) is 0 Å². The van der Waals surface area contributed by atoms with Crippen molar-refractivity contribution in [1.82, 2.24) is 19.9 Å². The number of hydrogen-bond donors (Lipinski definition) is 0. The van der Waals surface area contributed by atoms with Crippen molar-refractivity contribution in [2.45, 2.75) is 10.6 Å². The number of hydrogen-bond acceptors (Lipinski definition) is 6. The van der Waals surface area contributed by atoms with Gasteiger partial charge in [0.15, 0.2) is 9.84 Å². The van der Waals surface area contributed by atoms with Crippen LogP contribution in [0.4, 0.5) is 4.39 Å². The minimum absolute atomic E-state index is 0.166. The summed E-state index contributed by atoms with van der Waals surface area (Å²) in [7, 11) is -3.60. The van der Waals surface area contributed by atoms with E-state index in [1.54, 1.807) is 30.3 Å². The number of benzene rings is 3. The van der Waals surface area contributed by atoms with Gasteiger partial charge >= 0.3 is 0 Å². The normalized spacial score (nSPS) is 11.5. The summed E-state index contributed by atoms with van der Waals surface area (Å²) in [6, 6.07) is 20.4. The zero-order valence-corrected chi connectivity index (χ0v) is 18.1. The standard InChI is InChI=1S/C25H17FN4O2S/c26-20-3-1-2-19(12-20)17-4-6-18(7-5-17)25-23-9-8-22(13-24(23)29-16-30-25)33(31,32)14-21-10-11-27-15-28-21/h1-13,15-16H,14H2. The fraction of sp³-hybridized carbons (Fsp3) is 0.0400. The molecule has 6 nitrogen and oxygen atoms in total. The van der Waals surface area contributed by atoms with E-state index in [-0.39, 0.29) is 16.5 Å². The van der Waals surface area contributed by atoms with Crippen molar-refractivity contribution in [2.24, 2.45) is 0 Å². The summed E-state index contributed by atoms with van der Waals surface area (Å²) in [5.74, 6) is -0.510. The second-order valence-electron chi connectivity index (χ2n) is 7.45. The highest BCUT2D eigenvalue weighted by molar-refractivity contribution is 7.90. The molecule has 0 spiro atoms. The molecular formula is C25H17FN4O2S. The lowest BCUT2D eigenvalue weighted by molar-refractivity contribution is 0.594. The number of fused-ring (bicyclic) bond motifs is 1. The molecule has 0 N–H and O–H groups in total. The first-order chi connectivity index (χ1) is 16.0. The van der Waals surface area contributed by atoms with Crippen LogP contribution in [0.5, 0.6) is 0 Å². The van der Waals surface area contributed by atoms with E-state index < -0.39 is 9.84 Å². The van der Waals surface area contributed by atoms with Gasteiger partial charge in [-0.25, -0.2) is 32.7 Å². The lowest BCUT2D eigenvalue weighted by Crippen LogP contribution is -2.06. The molecule has 0 fully saturated rings. The highest BCUT2D eigenvalue weighted by Crippen LogP contribution is 2.30. The van der Waals surface area contributed by atoms with E-state index in [1.807, 2.05) is 30.3 Å². The van der Waals surface area contributed by atoms with E-state index in [9.17, 15) is 12.8 Å². The average molecular weight is 457 g/mol. The van der Waals surface area contributed by atoms with E-state index in [0.717, 1.165) is 22.1 Å². The summed E-state index contributed by atoms with van der Waals surface area (Å²) in [5.41, 5.74) is 4.15. The predicted octanol–water partition coefficient (Wildman–Crippen LogP) is 4.87. The van der Waals surface area contributed by atoms with Gasteiger partial charge in [0.25, 0.3) is 0 Å². The Bertz CT molecular complexity index is 1560. The molecule has 0 amide bonds. The second kappa shape index (κ2) is 8.48. The Balaban J connectivity index is 1.49. The summed E-state index contributed by atoms with van der Waals surface area (Å²) in [6.07, 6.45) is 4.25. The number of rotatable bonds is 5. The Morgan fingerprint density at radius 2 is 1.58 bits per heavy atom. The summed E-state index contributed by atoms with van der Waals surface area (Å²) < 4.78 is 39.3. The molecule has 0 unspecified atom stereocenters. The van der Waals surface area contributed by atoms with Crippen LogP contribution in [0.1, 0.15) is 5.69 Å². The molecule has 0 aliphatic carbocycles. The van der Waals surface area contributed by atoms with Crippen molar-refractivity contribution in [1.29, 1.82) is 0 Å². The predicted molar refractivity (Wildman–Crippen MR) is 123 cm³/mol. The Hall–Kier alpha value is -4.04. The third-order valence-corrected chi connectivity index (χ3v) is 6.91. The molecule has 0 saturated carbocycles. The van der Waals surface area contributed by atoms with Crippen LogP contribution in [-0.4, -0.2) is 28.4 Å². The van der Waals surface area contributed by atoms with Crippen molar-refractivity contribution in [3.05, 3.63) is 103 Å². The van der Waals surface area contributed by atoms with Crippen LogP contribution in [0.2, 0.25) is 0 Å². The fourth-order valence-corrected chi connectivity index (χ4v) is 4.92. The van der Waals surface area contributed by atoms with Crippen molar-refractivity contribution in [3.63, 3.8) is 0 Å². The first-order valence-corrected chi connectivity index (χ1v) is 11.7. The minimum atomic E-state index is -3.60. The Labute approximate surface area is 189 Å². The number of aromatic nitrogens is 4. The molecule has 0 saturated heterocycles. The van der Waals surface area contributed by atoms with Gasteiger partial charge in [-0.1, -0.05) is 36.4 Å². The maximum Gasteiger partial charge on any atom is 0.184 e. The monoisotopic (exact) mass is 456 g/mol. The van der Waals surface area contributed by atoms with Crippen molar-refractivity contribution >= 4 is 20.7 Å². The number of sulfone groups is 1. The second-order valence-corrected chi connectivity index (χ2v) is 9.44. The zero-order valence-electron chi connectivity index (χ0n) is 17.3. The molecule has 2 aromatic heterocycles. The van der Waals surface area contributed by atoms with E-state index in [2.05, 4.69) is 19.9 Å². The van der Waals surface area contributed by atoms with Gasteiger partial charge < -0.3 is 0 Å².